The summed E-state index contributed by atoms with van der Waals surface area (Å²) in [6.45, 7) is 1.81. The molecule has 2 aromatic rings. The smallest absolute Gasteiger partial charge is 0.277 e. The van der Waals surface area contributed by atoms with Crippen LogP contribution >= 0.6 is 0 Å². The minimum absolute atomic E-state index is 0.0994. The van der Waals surface area contributed by atoms with Crippen LogP contribution in [0.4, 0.5) is 0 Å². The van der Waals surface area contributed by atoms with Crippen LogP contribution in [-0.2, 0) is 4.79 Å². The van der Waals surface area contributed by atoms with E-state index in [-0.39, 0.29) is 18.3 Å². The van der Waals surface area contributed by atoms with Crippen molar-refractivity contribution in [1.82, 2.24) is 5.43 Å². The van der Waals surface area contributed by atoms with Gasteiger partial charge in [0.25, 0.3) is 5.91 Å². The molecule has 0 spiro atoms. The molecule has 1 amide bonds. The van der Waals surface area contributed by atoms with Crippen molar-refractivity contribution >= 4 is 12.1 Å². The topological polar surface area (TPSA) is 70.9 Å². The second-order valence-electron chi connectivity index (χ2n) is 4.44. The van der Waals surface area contributed by atoms with E-state index in [0.717, 1.165) is 11.1 Å². The molecule has 5 heteroatoms. The minimum atomic E-state index is -0.340. The number of amides is 1. The van der Waals surface area contributed by atoms with Crippen molar-refractivity contribution in [2.75, 3.05) is 6.61 Å². The van der Waals surface area contributed by atoms with Crippen LogP contribution in [0.3, 0.4) is 0 Å². The van der Waals surface area contributed by atoms with Crippen LogP contribution in [0.15, 0.2) is 53.6 Å². The molecule has 0 radical (unpaired) electrons. The number of nitrogens with one attached hydrogen (secondary N) is 1. The molecule has 21 heavy (non-hydrogen) atoms. The number of carbonyl (C=O) groups is 1. The van der Waals surface area contributed by atoms with E-state index in [1.54, 1.807) is 24.3 Å². The summed E-state index contributed by atoms with van der Waals surface area (Å²) >= 11 is 0. The van der Waals surface area contributed by atoms with Gasteiger partial charge in [0.1, 0.15) is 11.5 Å². The predicted octanol–water partition coefficient (Wildman–Crippen LogP) is 2.23. The predicted molar refractivity (Wildman–Crippen MR) is 80.5 cm³/mol. The van der Waals surface area contributed by atoms with E-state index < -0.39 is 0 Å². The highest BCUT2D eigenvalue weighted by Gasteiger charge is 2.02. The van der Waals surface area contributed by atoms with Crippen molar-refractivity contribution in [3.05, 3.63) is 59.7 Å². The summed E-state index contributed by atoms with van der Waals surface area (Å²) < 4.78 is 5.40. The molecule has 0 saturated carbocycles. The molecular formula is C16H16N2O3. The highest BCUT2D eigenvalue weighted by atomic mass is 16.5. The Morgan fingerprint density at radius 1 is 1.24 bits per heavy atom. The van der Waals surface area contributed by atoms with Crippen molar-refractivity contribution < 1.29 is 14.6 Å². The number of nitrogens with zero attached hydrogens (tertiary/aromatic N) is 1. The third-order valence-electron chi connectivity index (χ3n) is 2.75. The SMILES string of the molecule is Cc1ccccc1OCC(=O)N/N=C\c1ccc(O)cc1. The summed E-state index contributed by atoms with van der Waals surface area (Å²) in [7, 11) is 0. The van der Waals surface area contributed by atoms with Gasteiger partial charge in [-0.05, 0) is 48.4 Å². The highest BCUT2D eigenvalue weighted by Crippen LogP contribution is 2.15. The molecule has 0 aliphatic heterocycles. The summed E-state index contributed by atoms with van der Waals surface area (Å²) in [6, 6.07) is 13.9. The number of para-hydroxylation sites is 1. The van der Waals surface area contributed by atoms with Crippen molar-refractivity contribution in [3.8, 4) is 11.5 Å². The Hall–Kier alpha value is -2.82. The van der Waals surface area contributed by atoms with Crippen molar-refractivity contribution in [2.24, 2.45) is 5.10 Å². The van der Waals surface area contributed by atoms with Gasteiger partial charge in [0.15, 0.2) is 6.61 Å². The van der Waals surface area contributed by atoms with Crippen molar-refractivity contribution in [2.45, 2.75) is 6.92 Å². The first-order valence-electron chi connectivity index (χ1n) is 6.44. The quantitative estimate of drug-likeness (QED) is 0.653. The van der Waals surface area contributed by atoms with Crippen molar-refractivity contribution in [3.63, 3.8) is 0 Å². The van der Waals surface area contributed by atoms with E-state index in [2.05, 4.69) is 10.5 Å². The maximum absolute atomic E-state index is 11.6. The molecule has 0 saturated heterocycles. The van der Waals surface area contributed by atoms with E-state index in [0.29, 0.717) is 5.75 Å². The summed E-state index contributed by atoms with van der Waals surface area (Å²) in [4.78, 5) is 11.6. The Kier molecular flexibility index (Phi) is 4.93. The van der Waals surface area contributed by atoms with Crippen LogP contribution in [0.25, 0.3) is 0 Å². The van der Waals surface area contributed by atoms with Gasteiger partial charge < -0.3 is 9.84 Å². The van der Waals surface area contributed by atoms with Crippen LogP contribution in [0, 0.1) is 6.92 Å². The molecule has 2 aromatic carbocycles. The molecule has 0 aliphatic rings. The largest absolute Gasteiger partial charge is 0.508 e. The number of hydrogen-bond acceptors (Lipinski definition) is 4. The number of hydrogen-bond donors (Lipinski definition) is 2. The zero-order valence-electron chi connectivity index (χ0n) is 11.6. The van der Waals surface area contributed by atoms with Gasteiger partial charge in [0, 0.05) is 0 Å². The molecule has 0 fully saturated rings. The van der Waals surface area contributed by atoms with Crippen molar-refractivity contribution in [1.29, 1.82) is 0 Å². The van der Waals surface area contributed by atoms with Gasteiger partial charge in [-0.15, -0.1) is 0 Å². The lowest BCUT2D eigenvalue weighted by molar-refractivity contribution is -0.123. The zero-order valence-corrected chi connectivity index (χ0v) is 11.6. The second-order valence-corrected chi connectivity index (χ2v) is 4.44. The van der Waals surface area contributed by atoms with Crippen LogP contribution in [0.1, 0.15) is 11.1 Å². The molecule has 0 aromatic heterocycles. The number of rotatable bonds is 5. The Bertz CT molecular complexity index is 636. The number of hydrazone groups is 1. The van der Waals surface area contributed by atoms with Gasteiger partial charge in [-0.2, -0.15) is 5.10 Å². The maximum Gasteiger partial charge on any atom is 0.277 e. The third-order valence-corrected chi connectivity index (χ3v) is 2.75. The summed E-state index contributed by atoms with van der Waals surface area (Å²) in [5.41, 5.74) is 4.12. The molecule has 0 bridgehead atoms. The van der Waals surface area contributed by atoms with E-state index >= 15 is 0 Å². The Balaban J connectivity index is 1.80. The summed E-state index contributed by atoms with van der Waals surface area (Å²) in [5, 5.41) is 13.0. The number of carbonyl (C=O) groups excluding carboxylic acids is 1. The highest BCUT2D eigenvalue weighted by molar-refractivity contribution is 5.83. The minimum Gasteiger partial charge on any atom is -0.508 e. The fourth-order valence-corrected chi connectivity index (χ4v) is 1.63. The van der Waals surface area contributed by atoms with E-state index in [1.165, 1.54) is 6.21 Å². The maximum atomic E-state index is 11.6. The molecule has 2 rings (SSSR count). The lowest BCUT2D eigenvalue weighted by atomic mass is 10.2. The monoisotopic (exact) mass is 284 g/mol. The number of aryl methyl sites for hydroxylation is 1. The van der Waals surface area contributed by atoms with Crippen LogP contribution in [-0.4, -0.2) is 23.8 Å². The number of ether oxygens (including phenoxy) is 1. The number of phenols is 1. The Morgan fingerprint density at radius 2 is 1.95 bits per heavy atom. The standard InChI is InChI=1S/C16H16N2O3/c1-12-4-2-3-5-15(12)21-11-16(20)18-17-10-13-6-8-14(19)9-7-13/h2-10,19H,11H2,1H3,(H,18,20)/b17-10-. The first-order valence-corrected chi connectivity index (χ1v) is 6.44. The van der Waals surface area contributed by atoms with Gasteiger partial charge in [0.2, 0.25) is 0 Å². The summed E-state index contributed by atoms with van der Waals surface area (Å²) in [6.07, 6.45) is 1.49. The lowest BCUT2D eigenvalue weighted by Crippen LogP contribution is -2.24. The van der Waals surface area contributed by atoms with E-state index in [9.17, 15) is 4.79 Å². The molecular weight excluding hydrogens is 268 g/mol. The Labute approximate surface area is 122 Å². The lowest BCUT2D eigenvalue weighted by Gasteiger charge is -2.07. The van der Waals surface area contributed by atoms with Crippen LogP contribution in [0.2, 0.25) is 0 Å². The Morgan fingerprint density at radius 3 is 2.67 bits per heavy atom. The van der Waals surface area contributed by atoms with Crippen LogP contribution < -0.4 is 10.2 Å². The van der Waals surface area contributed by atoms with Gasteiger partial charge in [-0.1, -0.05) is 18.2 Å². The molecule has 0 unspecified atom stereocenters. The van der Waals surface area contributed by atoms with Gasteiger partial charge >= 0.3 is 0 Å². The molecule has 0 aliphatic carbocycles. The third kappa shape index (κ3) is 4.65. The normalized spacial score (nSPS) is 10.5. The van der Waals surface area contributed by atoms with Gasteiger partial charge in [-0.25, -0.2) is 5.43 Å². The molecule has 5 nitrogen and oxygen atoms in total. The summed E-state index contributed by atoms with van der Waals surface area (Å²) in [5.74, 6) is 0.520. The van der Waals surface area contributed by atoms with Gasteiger partial charge in [0.05, 0.1) is 6.21 Å². The molecule has 108 valence electrons. The fourth-order valence-electron chi connectivity index (χ4n) is 1.63. The van der Waals surface area contributed by atoms with E-state index in [4.69, 9.17) is 9.84 Å². The fraction of sp³-hybridized carbons (Fsp3) is 0.125. The first kappa shape index (κ1) is 14.6. The molecule has 0 heterocycles. The number of aromatic hydroxyl groups is 1. The zero-order chi connectivity index (χ0) is 15.1. The average Bonchev–Trinajstić information content (AvgIpc) is 2.48. The first-order chi connectivity index (χ1) is 10.1. The number of benzene rings is 2. The second kappa shape index (κ2) is 7.09. The number of phenolic OH excluding ortho intramolecular Hbond substituents is 1. The molecule has 2 N–H and O–H groups in total. The average molecular weight is 284 g/mol. The van der Waals surface area contributed by atoms with Gasteiger partial charge in [-0.3, -0.25) is 4.79 Å². The van der Waals surface area contributed by atoms with E-state index in [1.807, 2.05) is 31.2 Å². The van der Waals surface area contributed by atoms with Crippen LogP contribution in [0.5, 0.6) is 11.5 Å². The molecule has 0 atom stereocenters.